The van der Waals surface area contributed by atoms with Gasteiger partial charge in [-0.15, -0.1) is 5.10 Å². The van der Waals surface area contributed by atoms with E-state index in [9.17, 15) is 9.90 Å². The van der Waals surface area contributed by atoms with E-state index in [4.69, 9.17) is 0 Å². The Morgan fingerprint density at radius 2 is 2.12 bits per heavy atom. The molecule has 2 aromatic heterocycles. The second-order valence-corrected chi connectivity index (χ2v) is 6.52. The molecule has 9 nitrogen and oxygen atoms in total. The minimum Gasteiger partial charge on any atom is -0.507 e. The maximum absolute atomic E-state index is 12.9. The highest BCUT2D eigenvalue weighted by Gasteiger charge is 2.30. The molecule has 1 amide bonds. The standard InChI is InChI=1S/C17H19N7O2/c1-11-7-12(2)24(19-11)14-5-6-22(9-14)17(26)15-8-13(3-4-16(15)25)23-10-18-20-21-23/h3-4,7-8,10,14,25H,5-6,9H2,1-2H3/t14-/m0/s1. The summed E-state index contributed by atoms with van der Waals surface area (Å²) in [4.78, 5) is 14.7. The first-order valence-corrected chi connectivity index (χ1v) is 8.41. The van der Waals surface area contributed by atoms with Crippen molar-refractivity contribution in [1.82, 2.24) is 34.9 Å². The first-order chi connectivity index (χ1) is 12.5. The molecule has 26 heavy (non-hydrogen) atoms. The average Bonchev–Trinajstić information content (AvgIpc) is 3.35. The van der Waals surface area contributed by atoms with Crippen molar-refractivity contribution in [1.29, 1.82) is 0 Å². The van der Waals surface area contributed by atoms with Crippen molar-refractivity contribution in [2.24, 2.45) is 0 Å². The van der Waals surface area contributed by atoms with E-state index >= 15 is 0 Å². The maximum Gasteiger partial charge on any atom is 0.257 e. The van der Waals surface area contributed by atoms with E-state index in [1.807, 2.05) is 24.6 Å². The van der Waals surface area contributed by atoms with E-state index in [1.165, 1.54) is 17.1 Å². The van der Waals surface area contributed by atoms with Gasteiger partial charge < -0.3 is 10.0 Å². The molecule has 134 valence electrons. The summed E-state index contributed by atoms with van der Waals surface area (Å²) in [6.07, 6.45) is 2.27. The third-order valence-corrected chi connectivity index (χ3v) is 4.67. The van der Waals surface area contributed by atoms with Crippen molar-refractivity contribution in [2.75, 3.05) is 13.1 Å². The van der Waals surface area contributed by atoms with Crippen molar-refractivity contribution >= 4 is 5.91 Å². The van der Waals surface area contributed by atoms with Gasteiger partial charge in [0, 0.05) is 18.8 Å². The number of aryl methyl sites for hydroxylation is 2. The van der Waals surface area contributed by atoms with Crippen LogP contribution < -0.4 is 0 Å². The van der Waals surface area contributed by atoms with Gasteiger partial charge in [0.25, 0.3) is 5.91 Å². The molecule has 3 aromatic rings. The fraction of sp³-hybridized carbons (Fsp3) is 0.353. The van der Waals surface area contributed by atoms with Crippen LogP contribution in [0.15, 0.2) is 30.6 Å². The molecule has 0 aliphatic carbocycles. The number of hydrogen-bond acceptors (Lipinski definition) is 6. The van der Waals surface area contributed by atoms with Gasteiger partial charge in [-0.05, 0) is 55.0 Å². The van der Waals surface area contributed by atoms with Gasteiger partial charge in [-0.25, -0.2) is 4.68 Å². The number of phenols is 1. The molecular formula is C17H19N7O2. The van der Waals surface area contributed by atoms with Crippen LogP contribution in [0, 0.1) is 13.8 Å². The van der Waals surface area contributed by atoms with Gasteiger partial charge in [-0.1, -0.05) is 0 Å². The van der Waals surface area contributed by atoms with Crippen LogP contribution in [0.3, 0.4) is 0 Å². The summed E-state index contributed by atoms with van der Waals surface area (Å²) in [5.74, 6) is -0.261. The number of likely N-dealkylation sites (tertiary alicyclic amines) is 1. The Labute approximate surface area is 149 Å². The predicted molar refractivity (Wildman–Crippen MR) is 92.1 cm³/mol. The molecule has 4 rings (SSSR count). The lowest BCUT2D eigenvalue weighted by molar-refractivity contribution is 0.0784. The van der Waals surface area contributed by atoms with Crippen LogP contribution >= 0.6 is 0 Å². The Bertz CT molecular complexity index is 948. The number of amides is 1. The molecule has 0 spiro atoms. The van der Waals surface area contributed by atoms with Crippen LogP contribution in [-0.4, -0.2) is 59.0 Å². The number of phenolic OH excluding ortho intramolecular Hbond substituents is 1. The Hall–Kier alpha value is -3.23. The Balaban J connectivity index is 1.57. The molecular weight excluding hydrogens is 334 g/mol. The van der Waals surface area contributed by atoms with E-state index in [-0.39, 0.29) is 23.3 Å². The van der Waals surface area contributed by atoms with Gasteiger partial charge in [0.05, 0.1) is 23.0 Å². The number of tetrazole rings is 1. The number of carbonyl (C=O) groups is 1. The Morgan fingerprint density at radius 1 is 1.27 bits per heavy atom. The second kappa shape index (κ2) is 6.25. The lowest BCUT2D eigenvalue weighted by atomic mass is 10.1. The minimum absolute atomic E-state index is 0.0543. The molecule has 1 aliphatic heterocycles. The molecule has 1 saturated heterocycles. The summed E-state index contributed by atoms with van der Waals surface area (Å²) in [7, 11) is 0. The quantitative estimate of drug-likeness (QED) is 0.761. The van der Waals surface area contributed by atoms with E-state index in [2.05, 4.69) is 20.6 Å². The summed E-state index contributed by atoms with van der Waals surface area (Å²) < 4.78 is 3.43. The number of aromatic hydroxyl groups is 1. The first kappa shape index (κ1) is 16.2. The average molecular weight is 353 g/mol. The molecule has 0 radical (unpaired) electrons. The number of benzene rings is 1. The van der Waals surface area contributed by atoms with E-state index in [0.29, 0.717) is 18.8 Å². The zero-order valence-electron chi connectivity index (χ0n) is 14.6. The molecule has 1 fully saturated rings. The van der Waals surface area contributed by atoms with E-state index in [0.717, 1.165) is 17.8 Å². The summed E-state index contributed by atoms with van der Waals surface area (Å²) in [6, 6.07) is 6.93. The molecule has 1 N–H and O–H groups in total. The van der Waals surface area contributed by atoms with Crippen LogP contribution in [0.5, 0.6) is 5.75 Å². The van der Waals surface area contributed by atoms with Crippen molar-refractivity contribution < 1.29 is 9.90 Å². The molecule has 1 atom stereocenters. The summed E-state index contributed by atoms with van der Waals surface area (Å²) in [5.41, 5.74) is 2.92. The molecule has 0 unspecified atom stereocenters. The van der Waals surface area contributed by atoms with Crippen LogP contribution in [-0.2, 0) is 0 Å². The monoisotopic (exact) mass is 353 g/mol. The summed E-state index contributed by atoms with van der Waals surface area (Å²) in [5, 5.41) is 25.7. The Kier molecular flexibility index (Phi) is 3.90. The van der Waals surface area contributed by atoms with Crippen molar-refractivity contribution in [3.8, 4) is 11.4 Å². The molecule has 0 saturated carbocycles. The van der Waals surface area contributed by atoms with E-state index in [1.54, 1.807) is 17.0 Å². The highest BCUT2D eigenvalue weighted by atomic mass is 16.3. The fourth-order valence-electron chi connectivity index (χ4n) is 3.43. The van der Waals surface area contributed by atoms with Gasteiger partial charge in [0.1, 0.15) is 12.1 Å². The molecule has 0 bridgehead atoms. The molecule has 9 heteroatoms. The van der Waals surface area contributed by atoms with Crippen molar-refractivity contribution in [2.45, 2.75) is 26.3 Å². The highest BCUT2D eigenvalue weighted by Crippen LogP contribution is 2.27. The lowest BCUT2D eigenvalue weighted by Gasteiger charge is -2.18. The number of nitrogens with zero attached hydrogens (tertiary/aromatic N) is 7. The third-order valence-electron chi connectivity index (χ3n) is 4.67. The number of rotatable bonds is 3. The normalized spacial score (nSPS) is 17.0. The zero-order chi connectivity index (χ0) is 18.3. The lowest BCUT2D eigenvalue weighted by Crippen LogP contribution is -2.29. The maximum atomic E-state index is 12.9. The summed E-state index contributed by atoms with van der Waals surface area (Å²) >= 11 is 0. The predicted octanol–water partition coefficient (Wildman–Crippen LogP) is 1.27. The topological polar surface area (TPSA) is 102 Å². The van der Waals surface area contributed by atoms with Crippen LogP contribution in [0.25, 0.3) is 5.69 Å². The molecule has 1 aliphatic rings. The van der Waals surface area contributed by atoms with Crippen LogP contribution in [0.2, 0.25) is 0 Å². The van der Waals surface area contributed by atoms with Crippen LogP contribution in [0.1, 0.15) is 34.2 Å². The van der Waals surface area contributed by atoms with Gasteiger partial charge in [-0.2, -0.15) is 5.10 Å². The fourth-order valence-corrected chi connectivity index (χ4v) is 3.43. The number of aromatic nitrogens is 6. The second-order valence-electron chi connectivity index (χ2n) is 6.52. The van der Waals surface area contributed by atoms with E-state index < -0.39 is 0 Å². The SMILES string of the molecule is Cc1cc(C)n([C@H]2CCN(C(=O)c3cc(-n4cnnn4)ccc3O)C2)n1. The minimum atomic E-state index is -0.207. The molecule has 3 heterocycles. The summed E-state index contributed by atoms with van der Waals surface area (Å²) in [6.45, 7) is 5.17. The largest absolute Gasteiger partial charge is 0.507 e. The highest BCUT2D eigenvalue weighted by molar-refractivity contribution is 5.97. The van der Waals surface area contributed by atoms with Gasteiger partial charge >= 0.3 is 0 Å². The van der Waals surface area contributed by atoms with Gasteiger partial charge in [-0.3, -0.25) is 9.48 Å². The van der Waals surface area contributed by atoms with Gasteiger partial charge in [0.15, 0.2) is 0 Å². The smallest absolute Gasteiger partial charge is 0.257 e. The number of hydrogen-bond donors (Lipinski definition) is 1. The van der Waals surface area contributed by atoms with Gasteiger partial charge in [0.2, 0.25) is 0 Å². The number of carbonyl (C=O) groups excluding carboxylic acids is 1. The van der Waals surface area contributed by atoms with Crippen LogP contribution in [0.4, 0.5) is 0 Å². The Morgan fingerprint density at radius 3 is 2.81 bits per heavy atom. The third kappa shape index (κ3) is 2.81. The zero-order valence-corrected chi connectivity index (χ0v) is 14.6. The first-order valence-electron chi connectivity index (χ1n) is 8.41. The molecule has 1 aromatic carbocycles. The van der Waals surface area contributed by atoms with Crippen molar-refractivity contribution in [3.05, 3.63) is 47.5 Å². The van der Waals surface area contributed by atoms with Crippen molar-refractivity contribution in [3.63, 3.8) is 0 Å².